The van der Waals surface area contributed by atoms with Crippen molar-refractivity contribution in [1.29, 1.82) is 5.26 Å². The number of piperidine rings is 1. The topological polar surface area (TPSA) is 99.0 Å². The number of hydrogen-bond acceptors (Lipinski definition) is 7. The molecule has 2 heterocycles. The molecule has 4 rings (SSSR count). The Labute approximate surface area is 172 Å². The zero-order valence-electron chi connectivity index (χ0n) is 16.7. The predicted octanol–water partition coefficient (Wildman–Crippen LogP) is 2.73. The summed E-state index contributed by atoms with van der Waals surface area (Å²) in [5, 5.41) is 13.5. The van der Waals surface area contributed by atoms with E-state index in [9.17, 15) is 13.7 Å². The third-order valence-electron chi connectivity index (χ3n) is 6.40. The number of benzene rings is 1. The first-order chi connectivity index (χ1) is 13.9. The van der Waals surface area contributed by atoms with E-state index in [1.165, 1.54) is 6.26 Å². The second-order valence-electron chi connectivity index (χ2n) is 8.28. The molecule has 1 saturated heterocycles. The molecule has 1 N–H and O–H groups in total. The molecule has 2 aromatic rings. The standard InChI is InChI=1S/C21H27N5O2S/c1-29(27,28)18-8-10-26(11-9-18)17-5-3-16(4-6-17)25-21-19-12-15(13-22)2-7-20(19)23-14-24-21/h2,7,12,14,16-18H,3-6,8-11H2,1H3,(H,23,24,25). The van der Waals surface area contributed by atoms with Gasteiger partial charge in [-0.05, 0) is 69.8 Å². The summed E-state index contributed by atoms with van der Waals surface area (Å²) in [7, 11) is -2.92. The second kappa shape index (κ2) is 8.25. The fraction of sp³-hybridized carbons (Fsp3) is 0.571. The van der Waals surface area contributed by atoms with Gasteiger partial charge in [-0.3, -0.25) is 0 Å². The van der Waals surface area contributed by atoms with Gasteiger partial charge in [-0.1, -0.05) is 0 Å². The van der Waals surface area contributed by atoms with Crippen LogP contribution in [0.4, 0.5) is 5.82 Å². The quantitative estimate of drug-likeness (QED) is 0.823. The molecule has 1 aromatic heterocycles. The Morgan fingerprint density at radius 3 is 2.48 bits per heavy atom. The van der Waals surface area contributed by atoms with Crippen LogP contribution < -0.4 is 5.32 Å². The number of hydrogen-bond donors (Lipinski definition) is 1. The van der Waals surface area contributed by atoms with Gasteiger partial charge in [0.25, 0.3) is 0 Å². The lowest BCUT2D eigenvalue weighted by molar-refractivity contribution is 0.128. The van der Waals surface area contributed by atoms with Gasteiger partial charge in [0.05, 0.1) is 22.4 Å². The first-order valence-corrected chi connectivity index (χ1v) is 12.2. The number of aromatic nitrogens is 2. The molecule has 0 radical (unpaired) electrons. The zero-order chi connectivity index (χ0) is 20.4. The fourth-order valence-corrected chi connectivity index (χ4v) is 5.76. The van der Waals surface area contributed by atoms with Crippen LogP contribution in [0.1, 0.15) is 44.1 Å². The van der Waals surface area contributed by atoms with Crippen LogP contribution in [0.2, 0.25) is 0 Å². The Bertz CT molecular complexity index is 1020. The van der Waals surface area contributed by atoms with Crippen LogP contribution in [0.3, 0.4) is 0 Å². The van der Waals surface area contributed by atoms with Crippen LogP contribution in [-0.2, 0) is 9.84 Å². The molecule has 7 nitrogen and oxygen atoms in total. The summed E-state index contributed by atoms with van der Waals surface area (Å²) >= 11 is 0. The zero-order valence-corrected chi connectivity index (χ0v) is 17.5. The van der Waals surface area contributed by atoms with E-state index in [1.54, 1.807) is 12.4 Å². The van der Waals surface area contributed by atoms with Crippen molar-refractivity contribution < 1.29 is 8.42 Å². The van der Waals surface area contributed by atoms with E-state index in [0.717, 1.165) is 68.3 Å². The van der Waals surface area contributed by atoms with Gasteiger partial charge >= 0.3 is 0 Å². The molecule has 1 saturated carbocycles. The smallest absolute Gasteiger partial charge is 0.150 e. The highest BCUT2D eigenvalue weighted by atomic mass is 32.2. The van der Waals surface area contributed by atoms with E-state index in [4.69, 9.17) is 0 Å². The van der Waals surface area contributed by atoms with Crippen LogP contribution in [0.5, 0.6) is 0 Å². The molecular weight excluding hydrogens is 386 g/mol. The first kappa shape index (κ1) is 20.0. The van der Waals surface area contributed by atoms with E-state index in [-0.39, 0.29) is 5.25 Å². The maximum atomic E-state index is 11.8. The van der Waals surface area contributed by atoms with E-state index in [2.05, 4.69) is 26.3 Å². The average Bonchev–Trinajstić information content (AvgIpc) is 2.74. The lowest BCUT2D eigenvalue weighted by atomic mass is 9.89. The highest BCUT2D eigenvalue weighted by Gasteiger charge is 2.32. The lowest BCUT2D eigenvalue weighted by Crippen LogP contribution is -2.46. The number of sulfone groups is 1. The van der Waals surface area contributed by atoms with Crippen molar-refractivity contribution in [2.75, 3.05) is 24.7 Å². The average molecular weight is 414 g/mol. The van der Waals surface area contributed by atoms with Crippen molar-refractivity contribution in [1.82, 2.24) is 14.9 Å². The molecular formula is C21H27N5O2S. The van der Waals surface area contributed by atoms with Crippen molar-refractivity contribution >= 4 is 26.6 Å². The summed E-state index contributed by atoms with van der Waals surface area (Å²) in [5.41, 5.74) is 1.44. The number of anilines is 1. The molecule has 8 heteroatoms. The molecule has 1 aliphatic carbocycles. The molecule has 1 aliphatic heterocycles. The number of likely N-dealkylation sites (tertiary alicyclic amines) is 1. The summed E-state index contributed by atoms with van der Waals surface area (Å²) in [6.07, 6.45) is 8.76. The van der Waals surface area contributed by atoms with E-state index in [0.29, 0.717) is 17.6 Å². The summed E-state index contributed by atoms with van der Waals surface area (Å²) in [6, 6.07) is 8.55. The molecule has 154 valence electrons. The summed E-state index contributed by atoms with van der Waals surface area (Å²) in [5.74, 6) is 0.796. The van der Waals surface area contributed by atoms with E-state index >= 15 is 0 Å². The van der Waals surface area contributed by atoms with Gasteiger partial charge in [0, 0.05) is 23.7 Å². The van der Waals surface area contributed by atoms with Crippen molar-refractivity contribution in [3.8, 4) is 6.07 Å². The van der Waals surface area contributed by atoms with E-state index in [1.807, 2.05) is 12.1 Å². The van der Waals surface area contributed by atoms with Gasteiger partial charge in [-0.2, -0.15) is 5.26 Å². The van der Waals surface area contributed by atoms with Crippen molar-refractivity contribution in [2.45, 2.75) is 55.9 Å². The molecule has 0 bridgehead atoms. The molecule has 0 atom stereocenters. The molecule has 1 aromatic carbocycles. The predicted molar refractivity (Wildman–Crippen MR) is 113 cm³/mol. The number of nitrogens with zero attached hydrogens (tertiary/aromatic N) is 4. The minimum Gasteiger partial charge on any atom is -0.367 e. The van der Waals surface area contributed by atoms with Gasteiger partial charge in [-0.25, -0.2) is 18.4 Å². The van der Waals surface area contributed by atoms with Gasteiger partial charge < -0.3 is 10.2 Å². The van der Waals surface area contributed by atoms with Crippen LogP contribution >= 0.6 is 0 Å². The maximum Gasteiger partial charge on any atom is 0.150 e. The molecule has 29 heavy (non-hydrogen) atoms. The maximum absolute atomic E-state index is 11.8. The lowest BCUT2D eigenvalue weighted by Gasteiger charge is -2.40. The third-order valence-corrected chi connectivity index (χ3v) is 8.08. The van der Waals surface area contributed by atoms with Crippen LogP contribution in [0, 0.1) is 11.3 Å². The molecule has 0 spiro atoms. The van der Waals surface area contributed by atoms with Gasteiger partial charge in [-0.15, -0.1) is 0 Å². The molecule has 2 fully saturated rings. The minimum absolute atomic E-state index is 0.166. The van der Waals surface area contributed by atoms with Crippen LogP contribution in [0.25, 0.3) is 10.9 Å². The number of rotatable bonds is 4. The van der Waals surface area contributed by atoms with Gasteiger partial charge in [0.1, 0.15) is 22.0 Å². The minimum atomic E-state index is -2.92. The van der Waals surface area contributed by atoms with Gasteiger partial charge in [0.2, 0.25) is 0 Å². The summed E-state index contributed by atoms with van der Waals surface area (Å²) < 4.78 is 23.5. The Morgan fingerprint density at radius 1 is 1.10 bits per heavy atom. The van der Waals surface area contributed by atoms with Gasteiger partial charge in [0.15, 0.2) is 0 Å². The number of nitrogens with one attached hydrogen (secondary N) is 1. The normalized spacial score (nSPS) is 24.3. The van der Waals surface area contributed by atoms with Crippen LogP contribution in [-0.4, -0.2) is 60.0 Å². The molecule has 0 unspecified atom stereocenters. The highest BCUT2D eigenvalue weighted by Crippen LogP contribution is 2.30. The van der Waals surface area contributed by atoms with Crippen molar-refractivity contribution in [3.63, 3.8) is 0 Å². The third kappa shape index (κ3) is 4.51. The second-order valence-corrected chi connectivity index (χ2v) is 10.6. The summed E-state index contributed by atoms with van der Waals surface area (Å²) in [4.78, 5) is 11.2. The number of fused-ring (bicyclic) bond motifs is 1. The molecule has 2 aliphatic rings. The Balaban J connectivity index is 1.35. The van der Waals surface area contributed by atoms with Crippen molar-refractivity contribution in [2.24, 2.45) is 0 Å². The fourth-order valence-electron chi connectivity index (χ4n) is 4.69. The first-order valence-electron chi connectivity index (χ1n) is 10.3. The van der Waals surface area contributed by atoms with E-state index < -0.39 is 9.84 Å². The molecule has 0 amide bonds. The number of nitriles is 1. The largest absolute Gasteiger partial charge is 0.367 e. The van der Waals surface area contributed by atoms with Crippen LogP contribution in [0.15, 0.2) is 24.5 Å². The Morgan fingerprint density at radius 2 is 1.83 bits per heavy atom. The Kier molecular flexibility index (Phi) is 5.70. The highest BCUT2D eigenvalue weighted by molar-refractivity contribution is 7.91. The monoisotopic (exact) mass is 413 g/mol. The summed E-state index contributed by atoms with van der Waals surface area (Å²) in [6.45, 7) is 1.77. The van der Waals surface area contributed by atoms with Crippen molar-refractivity contribution in [3.05, 3.63) is 30.1 Å². The SMILES string of the molecule is CS(=O)(=O)C1CCN(C2CCC(Nc3ncnc4ccc(C#N)cc34)CC2)CC1. The Hall–Kier alpha value is -2.24.